The summed E-state index contributed by atoms with van der Waals surface area (Å²) in [6.45, 7) is 0.224. The number of nitrogens with zero attached hydrogens (tertiary/aromatic N) is 8. The zero-order valence-corrected chi connectivity index (χ0v) is 19.5. The van der Waals surface area contributed by atoms with Crippen LogP contribution < -0.4 is 10.5 Å². The second-order valence-corrected chi connectivity index (χ2v) is 8.22. The highest BCUT2D eigenvalue weighted by Crippen LogP contribution is 2.28. The fourth-order valence-corrected chi connectivity index (χ4v) is 3.78. The van der Waals surface area contributed by atoms with E-state index in [0.717, 1.165) is 10.5 Å². The Morgan fingerprint density at radius 3 is 2.67 bits per heavy atom. The van der Waals surface area contributed by atoms with Crippen molar-refractivity contribution in [2.75, 3.05) is 11.9 Å². The highest BCUT2D eigenvalue weighted by molar-refractivity contribution is 6.31. The number of aromatic amines is 1. The highest BCUT2D eigenvalue weighted by atomic mass is 35.5. The van der Waals surface area contributed by atoms with Crippen LogP contribution in [0.1, 0.15) is 5.82 Å². The van der Waals surface area contributed by atoms with Crippen LogP contribution in [0.5, 0.6) is 0 Å². The van der Waals surface area contributed by atoms with Crippen molar-refractivity contribution in [2.45, 2.75) is 6.54 Å². The number of pyridine rings is 2. The van der Waals surface area contributed by atoms with Crippen molar-refractivity contribution >= 4 is 23.5 Å². The third-order valence-electron chi connectivity index (χ3n) is 5.50. The Kier molecular flexibility index (Phi) is 6.00. The van der Waals surface area contributed by atoms with Crippen LogP contribution in [0.15, 0.2) is 72.2 Å². The van der Waals surface area contributed by atoms with Crippen LogP contribution >= 0.6 is 11.6 Å². The second-order valence-electron chi connectivity index (χ2n) is 7.79. The predicted octanol–water partition coefficient (Wildman–Crippen LogP) is 3.09. The van der Waals surface area contributed by atoms with Gasteiger partial charge in [0.25, 0.3) is 5.56 Å². The summed E-state index contributed by atoms with van der Waals surface area (Å²) >= 11 is 6.21. The summed E-state index contributed by atoms with van der Waals surface area (Å²) in [6, 6.07) is 11.9. The Morgan fingerprint density at radius 1 is 1.11 bits per heavy atom. The van der Waals surface area contributed by atoms with Crippen LogP contribution in [0.2, 0.25) is 5.02 Å². The number of tetrazole rings is 1. The molecule has 0 saturated carbocycles. The fraction of sp³-hybridized carbons (Fsp3) is 0.0870. The van der Waals surface area contributed by atoms with E-state index in [9.17, 15) is 9.59 Å². The summed E-state index contributed by atoms with van der Waals surface area (Å²) in [6.07, 6.45) is 5.24. The quantitative estimate of drug-likeness (QED) is 0.359. The molecule has 2 N–H and O–H groups in total. The standard InChI is InChI=1S/C23H18ClN9O3/c1-31(23(35)36)21-5-2-15(10-26-21)18-11-25-20(28-18)12-32-7-6-14(8-22(32)34)17-9-16(24)3-4-19(17)33-13-27-29-30-33/h2-11,13H,12H2,1H3,(H,25,28)(H,35,36). The molecule has 4 heterocycles. The molecule has 4 aromatic heterocycles. The molecule has 1 amide bonds. The normalized spacial score (nSPS) is 10.9. The van der Waals surface area contributed by atoms with Crippen molar-refractivity contribution in [3.63, 3.8) is 0 Å². The third kappa shape index (κ3) is 4.57. The lowest BCUT2D eigenvalue weighted by atomic mass is 10.0. The number of amides is 1. The topological polar surface area (TPSA) is 148 Å². The first-order chi connectivity index (χ1) is 17.4. The molecule has 13 heteroatoms. The first-order valence-electron chi connectivity index (χ1n) is 10.6. The molecule has 5 aromatic rings. The number of imidazole rings is 1. The molecule has 0 saturated heterocycles. The van der Waals surface area contributed by atoms with Crippen molar-refractivity contribution < 1.29 is 9.90 Å². The minimum Gasteiger partial charge on any atom is -0.465 e. The zero-order valence-electron chi connectivity index (χ0n) is 18.8. The molecule has 0 aliphatic carbocycles. The van der Waals surface area contributed by atoms with E-state index >= 15 is 0 Å². The minimum atomic E-state index is -1.10. The van der Waals surface area contributed by atoms with Crippen LogP contribution in [-0.4, -0.2) is 58.0 Å². The van der Waals surface area contributed by atoms with Gasteiger partial charge in [0.15, 0.2) is 0 Å². The maximum atomic E-state index is 12.9. The number of carboxylic acid groups (broad SMARTS) is 1. The van der Waals surface area contributed by atoms with E-state index in [4.69, 9.17) is 16.7 Å². The predicted molar refractivity (Wildman–Crippen MR) is 131 cm³/mol. The Labute approximate surface area is 208 Å². The van der Waals surface area contributed by atoms with Gasteiger partial charge < -0.3 is 14.7 Å². The van der Waals surface area contributed by atoms with Gasteiger partial charge in [-0.2, -0.15) is 4.68 Å². The number of hydrogen-bond donors (Lipinski definition) is 2. The molecule has 12 nitrogen and oxygen atoms in total. The molecular weight excluding hydrogens is 486 g/mol. The SMILES string of the molecule is CN(C(=O)O)c1ccc(-c2cnc(Cn3ccc(-c4cc(Cl)ccc4-n4cnnn4)cc3=O)[nH]2)cn1. The molecule has 0 unspecified atom stereocenters. The summed E-state index contributed by atoms with van der Waals surface area (Å²) in [5.41, 5.74) is 3.26. The van der Waals surface area contributed by atoms with Crippen molar-refractivity contribution in [1.82, 2.24) is 39.7 Å². The number of benzene rings is 1. The second kappa shape index (κ2) is 9.43. The molecule has 0 aliphatic rings. The van der Waals surface area contributed by atoms with E-state index in [2.05, 4.69) is 30.5 Å². The lowest BCUT2D eigenvalue weighted by molar-refractivity contribution is 0.203. The Bertz CT molecular complexity index is 1590. The number of rotatable bonds is 6. The molecular formula is C23H18ClN9O3. The van der Waals surface area contributed by atoms with Crippen molar-refractivity contribution in [1.29, 1.82) is 0 Å². The van der Waals surface area contributed by atoms with E-state index in [-0.39, 0.29) is 12.1 Å². The van der Waals surface area contributed by atoms with E-state index in [0.29, 0.717) is 39.2 Å². The Balaban J connectivity index is 1.37. The summed E-state index contributed by atoms with van der Waals surface area (Å²) in [5, 5.41) is 20.9. The van der Waals surface area contributed by atoms with Gasteiger partial charge in [-0.1, -0.05) is 11.6 Å². The van der Waals surface area contributed by atoms with Gasteiger partial charge in [0, 0.05) is 41.7 Å². The fourth-order valence-electron chi connectivity index (χ4n) is 3.61. The molecule has 0 atom stereocenters. The minimum absolute atomic E-state index is 0.224. The maximum Gasteiger partial charge on any atom is 0.412 e. The number of aromatic nitrogens is 8. The average molecular weight is 504 g/mol. The van der Waals surface area contributed by atoms with Crippen LogP contribution in [0.4, 0.5) is 10.6 Å². The van der Waals surface area contributed by atoms with Crippen molar-refractivity contribution in [3.8, 4) is 28.1 Å². The van der Waals surface area contributed by atoms with Gasteiger partial charge in [0.05, 0.1) is 24.1 Å². The molecule has 0 radical (unpaired) electrons. The van der Waals surface area contributed by atoms with Crippen molar-refractivity contribution in [2.24, 2.45) is 0 Å². The number of halogens is 1. The van der Waals surface area contributed by atoms with Crippen LogP contribution in [0.25, 0.3) is 28.1 Å². The van der Waals surface area contributed by atoms with Crippen LogP contribution in [-0.2, 0) is 6.54 Å². The van der Waals surface area contributed by atoms with Gasteiger partial charge in [-0.05, 0) is 52.4 Å². The summed E-state index contributed by atoms with van der Waals surface area (Å²) in [5.74, 6) is 0.879. The van der Waals surface area contributed by atoms with E-state index < -0.39 is 6.09 Å². The molecule has 1 aromatic carbocycles. The molecule has 0 aliphatic heterocycles. The smallest absolute Gasteiger partial charge is 0.412 e. The molecule has 0 bridgehead atoms. The lowest BCUT2D eigenvalue weighted by Gasteiger charge is -2.11. The first kappa shape index (κ1) is 22.9. The number of hydrogen-bond acceptors (Lipinski definition) is 7. The van der Waals surface area contributed by atoms with Crippen molar-refractivity contribution in [3.05, 3.63) is 88.6 Å². The summed E-state index contributed by atoms with van der Waals surface area (Å²) in [4.78, 5) is 36.7. The van der Waals surface area contributed by atoms with Crippen LogP contribution in [0, 0.1) is 0 Å². The number of H-pyrrole nitrogens is 1. The van der Waals surface area contributed by atoms with Gasteiger partial charge in [-0.15, -0.1) is 5.10 Å². The number of anilines is 1. The van der Waals surface area contributed by atoms with E-state index in [1.54, 1.807) is 48.9 Å². The van der Waals surface area contributed by atoms with Gasteiger partial charge >= 0.3 is 6.09 Å². The van der Waals surface area contributed by atoms with E-state index in [1.165, 1.54) is 28.7 Å². The van der Waals surface area contributed by atoms with Gasteiger partial charge in [-0.25, -0.2) is 14.8 Å². The Hall–Kier alpha value is -4.84. The Morgan fingerprint density at radius 2 is 1.97 bits per heavy atom. The molecule has 0 spiro atoms. The number of nitrogens with one attached hydrogen (secondary N) is 1. The van der Waals surface area contributed by atoms with Gasteiger partial charge in [0.1, 0.15) is 18.0 Å². The zero-order chi connectivity index (χ0) is 25.2. The largest absolute Gasteiger partial charge is 0.465 e. The van der Waals surface area contributed by atoms with E-state index in [1.807, 2.05) is 6.07 Å². The summed E-state index contributed by atoms with van der Waals surface area (Å²) in [7, 11) is 1.42. The monoisotopic (exact) mass is 503 g/mol. The lowest BCUT2D eigenvalue weighted by Crippen LogP contribution is -2.24. The molecule has 180 valence electrons. The average Bonchev–Trinajstić information content (AvgIpc) is 3.58. The first-order valence-corrected chi connectivity index (χ1v) is 11.0. The summed E-state index contributed by atoms with van der Waals surface area (Å²) < 4.78 is 3.03. The maximum absolute atomic E-state index is 12.9. The highest BCUT2D eigenvalue weighted by Gasteiger charge is 2.13. The molecule has 0 fully saturated rings. The molecule has 36 heavy (non-hydrogen) atoms. The molecule has 5 rings (SSSR count). The number of carbonyl (C=O) groups is 1. The van der Waals surface area contributed by atoms with Gasteiger partial charge in [-0.3, -0.25) is 9.69 Å². The van der Waals surface area contributed by atoms with Crippen LogP contribution in [0.3, 0.4) is 0 Å². The third-order valence-corrected chi connectivity index (χ3v) is 5.73. The van der Waals surface area contributed by atoms with Gasteiger partial charge in [0.2, 0.25) is 0 Å².